The first-order valence-electron chi connectivity index (χ1n) is 8.39. The van der Waals surface area contributed by atoms with Gasteiger partial charge in [0.15, 0.2) is 0 Å². The number of carbonyl (C=O) groups is 1. The topological polar surface area (TPSA) is 50.2 Å². The molecule has 3 rings (SSSR count). The zero-order valence-electron chi connectivity index (χ0n) is 13.8. The van der Waals surface area contributed by atoms with E-state index in [1.54, 1.807) is 6.20 Å². The maximum atomic E-state index is 12.8. The number of carbonyl (C=O) groups excluding carboxylic acids is 1. The van der Waals surface area contributed by atoms with E-state index in [-0.39, 0.29) is 5.91 Å². The molecule has 2 aromatic rings. The van der Waals surface area contributed by atoms with Gasteiger partial charge in [0.05, 0.1) is 17.5 Å². The number of rotatable bonds is 4. The molecule has 5 nitrogen and oxygen atoms in total. The molecule has 1 N–H and O–H groups in total. The number of hydrogen-bond donors (Lipinski definition) is 1. The molecule has 0 radical (unpaired) electrons. The fraction of sp³-hybridized carbons (Fsp3) is 0.444. The smallest absolute Gasteiger partial charge is 0.269 e. The van der Waals surface area contributed by atoms with Crippen molar-refractivity contribution >= 4 is 5.91 Å². The molecule has 0 spiro atoms. The number of benzene rings is 1. The van der Waals surface area contributed by atoms with Crippen LogP contribution in [0, 0.1) is 0 Å². The van der Waals surface area contributed by atoms with Crippen molar-refractivity contribution in [2.45, 2.75) is 45.7 Å². The average Bonchev–Trinajstić information content (AvgIpc) is 3.02. The largest absolute Gasteiger partial charge is 0.284 e. The third-order valence-corrected chi connectivity index (χ3v) is 4.48. The first-order chi connectivity index (χ1) is 11.2. The molecule has 1 aromatic heterocycles. The maximum Gasteiger partial charge on any atom is 0.269 e. The summed E-state index contributed by atoms with van der Waals surface area (Å²) in [6.07, 6.45) is 5.16. The van der Waals surface area contributed by atoms with E-state index >= 15 is 0 Å². The summed E-state index contributed by atoms with van der Waals surface area (Å²) in [5.74, 6) is -0.0719. The van der Waals surface area contributed by atoms with Gasteiger partial charge >= 0.3 is 0 Å². The van der Waals surface area contributed by atoms with E-state index in [0.29, 0.717) is 11.6 Å². The molecule has 1 aliphatic rings. The second-order valence-electron chi connectivity index (χ2n) is 6.07. The van der Waals surface area contributed by atoms with Crippen molar-refractivity contribution in [2.75, 3.05) is 6.54 Å². The van der Waals surface area contributed by atoms with Crippen LogP contribution in [0.25, 0.3) is 11.3 Å². The first-order valence-corrected chi connectivity index (χ1v) is 8.39. The lowest BCUT2D eigenvalue weighted by molar-refractivity contribution is 0.0613. The van der Waals surface area contributed by atoms with Crippen LogP contribution in [-0.2, 0) is 6.54 Å². The molecule has 0 saturated carbocycles. The van der Waals surface area contributed by atoms with E-state index in [0.717, 1.165) is 37.2 Å². The highest BCUT2D eigenvalue weighted by molar-refractivity contribution is 5.99. The minimum absolute atomic E-state index is 0.0719. The van der Waals surface area contributed by atoms with Crippen molar-refractivity contribution < 1.29 is 4.79 Å². The van der Waals surface area contributed by atoms with Gasteiger partial charge in [-0.2, -0.15) is 5.10 Å². The molecule has 1 atom stereocenters. The summed E-state index contributed by atoms with van der Waals surface area (Å²) in [5.41, 5.74) is 5.61. The summed E-state index contributed by atoms with van der Waals surface area (Å²) in [4.78, 5) is 12.8. The van der Waals surface area contributed by atoms with E-state index in [9.17, 15) is 4.79 Å². The van der Waals surface area contributed by atoms with Crippen molar-refractivity contribution in [3.05, 3.63) is 42.1 Å². The lowest BCUT2D eigenvalue weighted by atomic mass is 10.1. The van der Waals surface area contributed by atoms with E-state index < -0.39 is 0 Å². The molecular weight excluding hydrogens is 288 g/mol. The Morgan fingerprint density at radius 3 is 2.78 bits per heavy atom. The van der Waals surface area contributed by atoms with Crippen molar-refractivity contribution in [3.63, 3.8) is 0 Å². The lowest BCUT2D eigenvalue weighted by Crippen LogP contribution is -2.49. The molecule has 1 fully saturated rings. The highest BCUT2D eigenvalue weighted by Gasteiger charge is 2.24. The number of nitrogens with zero attached hydrogens (tertiary/aromatic N) is 3. The van der Waals surface area contributed by atoms with Crippen LogP contribution >= 0.6 is 0 Å². The zero-order chi connectivity index (χ0) is 16.2. The number of nitrogens with one attached hydrogen (secondary N) is 1. The molecule has 5 heteroatoms. The number of hydrogen-bond acceptors (Lipinski definition) is 3. The summed E-state index contributed by atoms with van der Waals surface area (Å²) in [5, 5.41) is 6.44. The predicted molar refractivity (Wildman–Crippen MR) is 90.8 cm³/mol. The number of amides is 1. The van der Waals surface area contributed by atoms with Crippen molar-refractivity contribution in [1.82, 2.24) is 20.2 Å². The van der Waals surface area contributed by atoms with E-state index in [4.69, 9.17) is 0 Å². The standard InChI is InChI=1S/C18H24N4O/c1-3-21-17(15-10-5-4-6-11-15)16(13-19-21)18(23)20-22-12-8-7-9-14(22)2/h4-6,10-11,13-14H,3,7-9,12H2,1-2H3,(H,20,23). The van der Waals surface area contributed by atoms with Gasteiger partial charge in [-0.05, 0) is 26.7 Å². The third kappa shape index (κ3) is 3.29. The van der Waals surface area contributed by atoms with Crippen molar-refractivity contribution in [3.8, 4) is 11.3 Å². The molecule has 1 saturated heterocycles. The van der Waals surface area contributed by atoms with Crippen LogP contribution in [0.3, 0.4) is 0 Å². The number of aromatic nitrogens is 2. The fourth-order valence-electron chi connectivity index (χ4n) is 3.15. The van der Waals surface area contributed by atoms with Gasteiger partial charge < -0.3 is 0 Å². The van der Waals surface area contributed by atoms with Crippen LogP contribution in [0.5, 0.6) is 0 Å². The lowest BCUT2D eigenvalue weighted by Gasteiger charge is -2.33. The van der Waals surface area contributed by atoms with Crippen molar-refractivity contribution in [1.29, 1.82) is 0 Å². The summed E-state index contributed by atoms with van der Waals surface area (Å²) < 4.78 is 1.88. The summed E-state index contributed by atoms with van der Waals surface area (Å²) in [6, 6.07) is 10.4. The Labute approximate surface area is 137 Å². The van der Waals surface area contributed by atoms with Gasteiger partial charge in [0.25, 0.3) is 5.91 Å². The molecule has 122 valence electrons. The molecule has 0 bridgehead atoms. The van der Waals surface area contributed by atoms with Gasteiger partial charge in [0.1, 0.15) is 0 Å². The van der Waals surface area contributed by atoms with Gasteiger partial charge in [-0.15, -0.1) is 0 Å². The first kappa shape index (κ1) is 15.7. The molecule has 23 heavy (non-hydrogen) atoms. The molecule has 0 aliphatic carbocycles. The predicted octanol–water partition coefficient (Wildman–Crippen LogP) is 3.09. The Kier molecular flexibility index (Phi) is 4.76. The normalized spacial score (nSPS) is 18.8. The minimum atomic E-state index is -0.0719. The number of aryl methyl sites for hydroxylation is 1. The molecule has 2 heterocycles. The number of piperidine rings is 1. The van der Waals surface area contributed by atoms with Crippen LogP contribution in [0.1, 0.15) is 43.5 Å². The van der Waals surface area contributed by atoms with Crippen molar-refractivity contribution in [2.24, 2.45) is 0 Å². The van der Waals surface area contributed by atoms with Gasteiger partial charge in [-0.1, -0.05) is 36.8 Å². The number of hydrazine groups is 1. The Bertz CT molecular complexity index is 665. The Balaban J connectivity index is 1.87. The molecular formula is C18H24N4O. The highest BCUT2D eigenvalue weighted by Crippen LogP contribution is 2.24. The van der Waals surface area contributed by atoms with Crippen LogP contribution in [0.4, 0.5) is 0 Å². The van der Waals surface area contributed by atoms with Gasteiger partial charge in [-0.3, -0.25) is 14.9 Å². The fourth-order valence-corrected chi connectivity index (χ4v) is 3.15. The van der Waals surface area contributed by atoms with Crippen LogP contribution < -0.4 is 5.43 Å². The van der Waals surface area contributed by atoms with E-state index in [1.165, 1.54) is 6.42 Å². The second-order valence-corrected chi connectivity index (χ2v) is 6.07. The second kappa shape index (κ2) is 6.96. The SMILES string of the molecule is CCn1ncc(C(=O)NN2CCCCC2C)c1-c1ccccc1. The molecule has 1 aromatic carbocycles. The summed E-state index contributed by atoms with van der Waals surface area (Å²) in [7, 11) is 0. The zero-order valence-corrected chi connectivity index (χ0v) is 13.8. The quantitative estimate of drug-likeness (QED) is 0.944. The summed E-state index contributed by atoms with van der Waals surface area (Å²) >= 11 is 0. The van der Waals surface area contributed by atoms with Gasteiger partial charge in [0, 0.05) is 24.7 Å². The van der Waals surface area contributed by atoms with E-state index in [2.05, 4.69) is 22.5 Å². The Morgan fingerprint density at radius 2 is 2.09 bits per heavy atom. The van der Waals surface area contributed by atoms with Crippen LogP contribution in [0.15, 0.2) is 36.5 Å². The third-order valence-electron chi connectivity index (χ3n) is 4.48. The average molecular weight is 312 g/mol. The molecule has 1 unspecified atom stereocenters. The maximum absolute atomic E-state index is 12.8. The molecule has 1 amide bonds. The Hall–Kier alpha value is -2.14. The van der Waals surface area contributed by atoms with Gasteiger partial charge in [-0.25, -0.2) is 5.01 Å². The Morgan fingerprint density at radius 1 is 1.30 bits per heavy atom. The monoisotopic (exact) mass is 312 g/mol. The van der Waals surface area contributed by atoms with Crippen LogP contribution in [-0.4, -0.2) is 33.3 Å². The van der Waals surface area contributed by atoms with Gasteiger partial charge in [0.2, 0.25) is 0 Å². The summed E-state index contributed by atoms with van der Waals surface area (Å²) in [6.45, 7) is 5.84. The minimum Gasteiger partial charge on any atom is -0.284 e. The van der Waals surface area contributed by atoms with E-state index in [1.807, 2.05) is 41.9 Å². The molecule has 1 aliphatic heterocycles. The highest BCUT2D eigenvalue weighted by atomic mass is 16.2. The van der Waals surface area contributed by atoms with Crippen LogP contribution in [0.2, 0.25) is 0 Å².